The number of ether oxygens (including phenoxy) is 1. The van der Waals surface area contributed by atoms with Gasteiger partial charge < -0.3 is 14.5 Å². The Bertz CT molecular complexity index is 1190. The van der Waals surface area contributed by atoms with Crippen molar-refractivity contribution in [3.05, 3.63) is 81.5 Å². The third-order valence-corrected chi connectivity index (χ3v) is 4.77. The lowest BCUT2D eigenvalue weighted by molar-refractivity contribution is -0.112. The summed E-state index contributed by atoms with van der Waals surface area (Å²) in [5, 5.41) is 12.1. The topological polar surface area (TPSA) is 92.3 Å². The van der Waals surface area contributed by atoms with E-state index in [1.807, 2.05) is 19.1 Å². The maximum absolute atomic E-state index is 12.4. The zero-order valence-corrected chi connectivity index (χ0v) is 17.8. The maximum Gasteiger partial charge on any atom is 0.337 e. The second kappa shape index (κ2) is 9.25. The standard InChI is InChI=1S/C23H17BrN2O4/c1-14-10-15(23(28)29-2)6-8-20(14)21-9-7-19(30-21)11-16(13-25)22(27)26-18-5-3-4-17(24)12-18/h3-12H,1-2H3,(H,26,27)/b16-11-. The molecule has 0 fully saturated rings. The number of carbonyl (C=O) groups excluding carboxylic acids is 2. The number of nitrogens with one attached hydrogen (secondary N) is 1. The minimum absolute atomic E-state index is 0.0892. The van der Waals surface area contributed by atoms with Gasteiger partial charge in [0.1, 0.15) is 23.2 Å². The van der Waals surface area contributed by atoms with Crippen LogP contribution in [0.3, 0.4) is 0 Å². The van der Waals surface area contributed by atoms with Crippen molar-refractivity contribution >= 4 is 39.6 Å². The predicted molar refractivity (Wildman–Crippen MR) is 117 cm³/mol. The normalized spacial score (nSPS) is 10.9. The van der Waals surface area contributed by atoms with Crippen LogP contribution in [0.25, 0.3) is 17.4 Å². The number of methoxy groups -OCH3 is 1. The van der Waals surface area contributed by atoms with Crippen LogP contribution in [0.1, 0.15) is 21.7 Å². The number of hydrogen-bond acceptors (Lipinski definition) is 5. The van der Waals surface area contributed by atoms with Crippen molar-refractivity contribution in [1.29, 1.82) is 5.26 Å². The Morgan fingerprint density at radius 3 is 2.63 bits per heavy atom. The summed E-state index contributed by atoms with van der Waals surface area (Å²) >= 11 is 3.34. The first kappa shape index (κ1) is 21.1. The number of esters is 1. The van der Waals surface area contributed by atoms with Crippen molar-refractivity contribution in [3.63, 3.8) is 0 Å². The highest BCUT2D eigenvalue weighted by Gasteiger charge is 2.14. The zero-order valence-electron chi connectivity index (χ0n) is 16.2. The third-order valence-electron chi connectivity index (χ3n) is 4.27. The van der Waals surface area contributed by atoms with Crippen LogP contribution in [0, 0.1) is 18.3 Å². The van der Waals surface area contributed by atoms with Crippen LogP contribution < -0.4 is 5.32 Å². The van der Waals surface area contributed by atoms with E-state index < -0.39 is 11.9 Å². The molecule has 0 unspecified atom stereocenters. The van der Waals surface area contributed by atoms with Crippen LogP contribution >= 0.6 is 15.9 Å². The number of hydrogen-bond donors (Lipinski definition) is 1. The number of carbonyl (C=O) groups is 2. The van der Waals surface area contributed by atoms with Crippen LogP contribution in [0.15, 0.2) is 69.1 Å². The number of benzene rings is 2. The lowest BCUT2D eigenvalue weighted by atomic mass is 10.0. The van der Waals surface area contributed by atoms with Crippen molar-refractivity contribution in [2.24, 2.45) is 0 Å². The molecule has 1 heterocycles. The molecule has 150 valence electrons. The largest absolute Gasteiger partial charge is 0.465 e. The number of furan rings is 1. The quantitative estimate of drug-likeness (QED) is 0.312. The van der Waals surface area contributed by atoms with Gasteiger partial charge >= 0.3 is 5.97 Å². The van der Waals surface area contributed by atoms with Gasteiger partial charge in [0.2, 0.25) is 0 Å². The Morgan fingerprint density at radius 2 is 1.97 bits per heavy atom. The lowest BCUT2D eigenvalue weighted by Gasteiger charge is -2.05. The summed E-state index contributed by atoms with van der Waals surface area (Å²) < 4.78 is 11.3. The SMILES string of the molecule is COC(=O)c1ccc(-c2ccc(/C=C(/C#N)C(=O)Nc3cccc(Br)c3)o2)c(C)c1. The first-order valence-electron chi connectivity index (χ1n) is 8.89. The van der Waals surface area contributed by atoms with Gasteiger partial charge in [0.25, 0.3) is 5.91 Å². The molecule has 0 saturated carbocycles. The molecule has 0 atom stereocenters. The molecule has 0 spiro atoms. The molecule has 30 heavy (non-hydrogen) atoms. The summed E-state index contributed by atoms with van der Waals surface area (Å²) in [6, 6.07) is 17.5. The number of halogens is 1. The molecule has 1 N–H and O–H groups in total. The van der Waals surface area contributed by atoms with Gasteiger partial charge in [-0.3, -0.25) is 4.79 Å². The second-order valence-corrected chi connectivity index (χ2v) is 7.27. The van der Waals surface area contributed by atoms with E-state index in [2.05, 4.69) is 21.2 Å². The number of anilines is 1. The fourth-order valence-corrected chi connectivity index (χ4v) is 3.21. The fraction of sp³-hybridized carbons (Fsp3) is 0.0870. The summed E-state index contributed by atoms with van der Waals surface area (Å²) in [6.07, 6.45) is 1.38. The average Bonchev–Trinajstić information content (AvgIpc) is 3.19. The summed E-state index contributed by atoms with van der Waals surface area (Å²) in [7, 11) is 1.33. The molecule has 0 aliphatic carbocycles. The molecule has 3 aromatic rings. The summed E-state index contributed by atoms with van der Waals surface area (Å²) in [5.41, 5.74) is 2.54. The molecule has 0 aliphatic rings. The van der Waals surface area contributed by atoms with Crippen molar-refractivity contribution in [2.45, 2.75) is 6.92 Å². The highest BCUT2D eigenvalue weighted by Crippen LogP contribution is 2.27. The Morgan fingerprint density at radius 1 is 1.17 bits per heavy atom. The van der Waals surface area contributed by atoms with Gasteiger partial charge in [-0.15, -0.1) is 0 Å². The predicted octanol–water partition coefficient (Wildman–Crippen LogP) is 5.35. The first-order valence-corrected chi connectivity index (χ1v) is 9.68. The molecule has 6 nitrogen and oxygen atoms in total. The molecule has 3 rings (SSSR count). The van der Waals surface area contributed by atoms with E-state index in [0.29, 0.717) is 22.8 Å². The number of aryl methyl sites for hydroxylation is 1. The Kier molecular flexibility index (Phi) is 6.50. The molecule has 1 aromatic heterocycles. The zero-order chi connectivity index (χ0) is 21.7. The van der Waals surface area contributed by atoms with Gasteiger partial charge in [-0.1, -0.05) is 28.1 Å². The molecule has 0 saturated heterocycles. The number of amides is 1. The van der Waals surface area contributed by atoms with Crippen molar-refractivity contribution in [3.8, 4) is 17.4 Å². The Labute approximate surface area is 181 Å². The maximum atomic E-state index is 12.4. The minimum atomic E-state index is -0.535. The molecule has 0 radical (unpaired) electrons. The van der Waals surface area contributed by atoms with Gasteiger partial charge in [0.15, 0.2) is 0 Å². The molecule has 0 bridgehead atoms. The van der Waals surface area contributed by atoms with Gasteiger partial charge in [-0.2, -0.15) is 5.26 Å². The van der Waals surface area contributed by atoms with E-state index in [1.54, 1.807) is 48.5 Å². The van der Waals surface area contributed by atoms with Crippen molar-refractivity contribution < 1.29 is 18.7 Å². The highest BCUT2D eigenvalue weighted by atomic mass is 79.9. The number of nitrogens with zero attached hydrogens (tertiary/aromatic N) is 1. The first-order chi connectivity index (χ1) is 14.4. The smallest absolute Gasteiger partial charge is 0.337 e. The van der Waals surface area contributed by atoms with Crippen molar-refractivity contribution in [1.82, 2.24) is 0 Å². The van der Waals surface area contributed by atoms with Crippen LogP contribution in [-0.4, -0.2) is 19.0 Å². The summed E-state index contributed by atoms with van der Waals surface area (Å²) in [6.45, 7) is 1.85. The van der Waals surface area contributed by atoms with E-state index in [4.69, 9.17) is 9.15 Å². The molecule has 0 aliphatic heterocycles. The van der Waals surface area contributed by atoms with E-state index in [0.717, 1.165) is 15.6 Å². The molecule has 1 amide bonds. The van der Waals surface area contributed by atoms with E-state index in [1.165, 1.54) is 13.2 Å². The van der Waals surface area contributed by atoms with E-state index in [-0.39, 0.29) is 5.57 Å². The van der Waals surface area contributed by atoms with Crippen LogP contribution in [0.2, 0.25) is 0 Å². The van der Waals surface area contributed by atoms with Crippen LogP contribution in [0.5, 0.6) is 0 Å². The summed E-state index contributed by atoms with van der Waals surface area (Å²) in [5.74, 6) is -0.0303. The van der Waals surface area contributed by atoms with Crippen molar-refractivity contribution in [2.75, 3.05) is 12.4 Å². The number of rotatable bonds is 5. The third kappa shape index (κ3) is 4.85. The molecule has 7 heteroatoms. The Hall–Kier alpha value is -3.63. The van der Waals surface area contributed by atoms with Crippen LogP contribution in [0.4, 0.5) is 5.69 Å². The van der Waals surface area contributed by atoms with E-state index in [9.17, 15) is 14.9 Å². The summed E-state index contributed by atoms with van der Waals surface area (Å²) in [4.78, 5) is 24.1. The second-order valence-electron chi connectivity index (χ2n) is 6.36. The Balaban J connectivity index is 1.82. The van der Waals surface area contributed by atoms with Gasteiger partial charge in [0, 0.05) is 21.8 Å². The van der Waals surface area contributed by atoms with Crippen LogP contribution in [-0.2, 0) is 9.53 Å². The minimum Gasteiger partial charge on any atom is -0.465 e. The monoisotopic (exact) mass is 464 g/mol. The van der Waals surface area contributed by atoms with E-state index >= 15 is 0 Å². The average molecular weight is 465 g/mol. The molecular formula is C23H17BrN2O4. The van der Waals surface area contributed by atoms with Gasteiger partial charge in [-0.25, -0.2) is 4.79 Å². The highest BCUT2D eigenvalue weighted by molar-refractivity contribution is 9.10. The number of nitriles is 1. The lowest BCUT2D eigenvalue weighted by Crippen LogP contribution is -2.13. The van der Waals surface area contributed by atoms with Gasteiger partial charge in [-0.05, 0) is 55.0 Å². The fourth-order valence-electron chi connectivity index (χ4n) is 2.82. The molecule has 2 aromatic carbocycles. The van der Waals surface area contributed by atoms with Gasteiger partial charge in [0.05, 0.1) is 12.7 Å². The molecular weight excluding hydrogens is 448 g/mol.